The van der Waals surface area contributed by atoms with Crippen molar-refractivity contribution >= 4 is 20.9 Å². The Labute approximate surface area is 125 Å². The fourth-order valence-electron chi connectivity index (χ4n) is 2.27. The lowest BCUT2D eigenvalue weighted by molar-refractivity contribution is 0.246. The van der Waals surface area contributed by atoms with Gasteiger partial charge in [-0.05, 0) is 51.0 Å². The molecule has 2 aromatic rings. The second-order valence-electron chi connectivity index (χ2n) is 5.74. The number of hydrogen-bond acceptors (Lipinski definition) is 4. The number of aryl methyl sites for hydroxylation is 1. The zero-order valence-electron chi connectivity index (χ0n) is 12.4. The number of aromatic nitrogens is 1. The first-order valence-corrected chi connectivity index (χ1v) is 8.24. The summed E-state index contributed by atoms with van der Waals surface area (Å²) in [6, 6.07) is 6.82. The van der Waals surface area contributed by atoms with E-state index in [4.69, 9.17) is 5.11 Å². The Morgan fingerprint density at radius 1 is 1.29 bits per heavy atom. The summed E-state index contributed by atoms with van der Waals surface area (Å²) < 4.78 is 27.9. The Kier molecular flexibility index (Phi) is 4.32. The van der Waals surface area contributed by atoms with Crippen molar-refractivity contribution in [1.82, 2.24) is 9.71 Å². The molecule has 6 heteroatoms. The topological polar surface area (TPSA) is 79.3 Å². The number of nitrogens with one attached hydrogen (secondary N) is 1. The molecule has 21 heavy (non-hydrogen) atoms. The first-order valence-electron chi connectivity index (χ1n) is 6.76. The number of fused-ring (bicyclic) bond motifs is 1. The second kappa shape index (κ2) is 5.71. The Morgan fingerprint density at radius 2 is 2.00 bits per heavy atom. The normalized spacial score (nSPS) is 12.8. The van der Waals surface area contributed by atoms with Crippen LogP contribution in [-0.4, -0.2) is 30.7 Å². The van der Waals surface area contributed by atoms with Crippen molar-refractivity contribution in [3.05, 3.63) is 36.0 Å². The summed E-state index contributed by atoms with van der Waals surface area (Å²) in [6.07, 6.45) is 1.99. The summed E-state index contributed by atoms with van der Waals surface area (Å²) in [7, 11) is -3.68. The van der Waals surface area contributed by atoms with Crippen molar-refractivity contribution in [2.75, 3.05) is 6.61 Å². The van der Waals surface area contributed by atoms with Gasteiger partial charge in [0.25, 0.3) is 0 Å². The summed E-state index contributed by atoms with van der Waals surface area (Å²) >= 11 is 0. The summed E-state index contributed by atoms with van der Waals surface area (Å²) in [5.41, 5.74) is 0.895. The monoisotopic (exact) mass is 308 g/mol. The molecule has 0 unspecified atom stereocenters. The van der Waals surface area contributed by atoms with E-state index < -0.39 is 15.6 Å². The molecule has 0 radical (unpaired) electrons. The molecule has 0 fully saturated rings. The first kappa shape index (κ1) is 15.9. The van der Waals surface area contributed by atoms with Gasteiger partial charge in [0.15, 0.2) is 0 Å². The number of rotatable bonds is 5. The predicted octanol–water partition coefficient (Wildman–Crippen LogP) is 1.98. The summed E-state index contributed by atoms with van der Waals surface area (Å²) in [5.74, 6) is 0. The van der Waals surface area contributed by atoms with E-state index in [0.29, 0.717) is 17.3 Å². The van der Waals surface area contributed by atoms with Gasteiger partial charge in [0.2, 0.25) is 10.0 Å². The number of benzene rings is 1. The fraction of sp³-hybridized carbons (Fsp3) is 0.400. The van der Waals surface area contributed by atoms with Crippen LogP contribution in [-0.2, 0) is 10.0 Å². The Hall–Kier alpha value is -1.50. The fourth-order valence-corrected chi connectivity index (χ4v) is 3.91. The van der Waals surface area contributed by atoms with Crippen LogP contribution in [0.25, 0.3) is 10.9 Å². The third-order valence-electron chi connectivity index (χ3n) is 3.37. The average Bonchev–Trinajstić information content (AvgIpc) is 2.37. The average molecular weight is 308 g/mol. The van der Waals surface area contributed by atoms with Crippen molar-refractivity contribution < 1.29 is 13.5 Å². The highest BCUT2D eigenvalue weighted by atomic mass is 32.2. The molecule has 0 aliphatic carbocycles. The van der Waals surface area contributed by atoms with E-state index in [1.54, 1.807) is 44.3 Å². The van der Waals surface area contributed by atoms with E-state index in [2.05, 4.69) is 9.71 Å². The SMILES string of the molecule is Cc1ccc(S(=O)(=O)NC(C)(C)CCO)c2cccnc12. The number of hydrogen-bond donors (Lipinski definition) is 2. The van der Waals surface area contributed by atoms with Crippen LogP contribution in [0.5, 0.6) is 0 Å². The summed E-state index contributed by atoms with van der Waals surface area (Å²) in [6.45, 7) is 5.31. The minimum Gasteiger partial charge on any atom is -0.396 e. The third kappa shape index (κ3) is 3.40. The molecule has 0 spiro atoms. The van der Waals surface area contributed by atoms with Crippen LogP contribution in [0.3, 0.4) is 0 Å². The minimum absolute atomic E-state index is 0.0777. The largest absolute Gasteiger partial charge is 0.396 e. The van der Waals surface area contributed by atoms with Crippen LogP contribution in [0.15, 0.2) is 35.4 Å². The molecule has 1 aromatic carbocycles. The van der Waals surface area contributed by atoms with Crippen LogP contribution in [0.2, 0.25) is 0 Å². The van der Waals surface area contributed by atoms with Gasteiger partial charge in [-0.2, -0.15) is 0 Å². The highest BCUT2D eigenvalue weighted by molar-refractivity contribution is 7.89. The van der Waals surface area contributed by atoms with E-state index in [1.165, 1.54) is 0 Å². The quantitative estimate of drug-likeness (QED) is 0.885. The molecule has 5 nitrogen and oxygen atoms in total. The molecule has 2 N–H and O–H groups in total. The van der Waals surface area contributed by atoms with Gasteiger partial charge in [-0.25, -0.2) is 13.1 Å². The highest BCUT2D eigenvalue weighted by Gasteiger charge is 2.27. The third-order valence-corrected chi connectivity index (χ3v) is 5.12. The summed E-state index contributed by atoms with van der Waals surface area (Å²) in [5, 5.41) is 9.63. The van der Waals surface area contributed by atoms with E-state index in [9.17, 15) is 8.42 Å². The van der Waals surface area contributed by atoms with Crippen molar-refractivity contribution in [1.29, 1.82) is 0 Å². The molecule has 0 amide bonds. The van der Waals surface area contributed by atoms with Crippen LogP contribution < -0.4 is 4.72 Å². The van der Waals surface area contributed by atoms with Gasteiger partial charge in [-0.15, -0.1) is 0 Å². The number of nitrogens with zero attached hydrogens (tertiary/aromatic N) is 1. The maximum Gasteiger partial charge on any atom is 0.241 e. The van der Waals surface area contributed by atoms with Gasteiger partial charge >= 0.3 is 0 Å². The molecule has 0 aliphatic rings. The van der Waals surface area contributed by atoms with Gasteiger partial charge in [0, 0.05) is 23.7 Å². The number of aliphatic hydroxyl groups is 1. The van der Waals surface area contributed by atoms with Crippen molar-refractivity contribution in [3.63, 3.8) is 0 Å². The molecule has 1 heterocycles. The number of sulfonamides is 1. The van der Waals surface area contributed by atoms with Gasteiger partial charge in [-0.3, -0.25) is 4.98 Å². The predicted molar refractivity (Wildman–Crippen MR) is 82.6 cm³/mol. The van der Waals surface area contributed by atoms with Crippen molar-refractivity contribution in [2.24, 2.45) is 0 Å². The number of aliphatic hydroxyl groups excluding tert-OH is 1. The highest BCUT2D eigenvalue weighted by Crippen LogP contribution is 2.25. The Bertz CT molecular complexity index is 755. The van der Waals surface area contributed by atoms with E-state index >= 15 is 0 Å². The lowest BCUT2D eigenvalue weighted by Crippen LogP contribution is -2.43. The van der Waals surface area contributed by atoms with Crippen LogP contribution in [0.1, 0.15) is 25.8 Å². The lowest BCUT2D eigenvalue weighted by Gasteiger charge is -2.25. The molecule has 0 aliphatic heterocycles. The molecule has 0 saturated carbocycles. The Balaban J connectivity index is 2.54. The second-order valence-corrected chi connectivity index (χ2v) is 7.39. The van der Waals surface area contributed by atoms with E-state index in [-0.39, 0.29) is 11.5 Å². The van der Waals surface area contributed by atoms with Crippen LogP contribution >= 0.6 is 0 Å². The smallest absolute Gasteiger partial charge is 0.241 e. The molecular formula is C15H20N2O3S. The molecular weight excluding hydrogens is 288 g/mol. The van der Waals surface area contributed by atoms with Crippen molar-refractivity contribution in [2.45, 2.75) is 37.6 Å². The molecule has 2 rings (SSSR count). The molecule has 0 bridgehead atoms. The number of pyridine rings is 1. The van der Waals surface area contributed by atoms with E-state index in [0.717, 1.165) is 5.56 Å². The molecule has 0 saturated heterocycles. The molecule has 1 aromatic heterocycles. The van der Waals surface area contributed by atoms with Crippen LogP contribution in [0, 0.1) is 6.92 Å². The first-order chi connectivity index (χ1) is 9.77. The Morgan fingerprint density at radius 3 is 2.67 bits per heavy atom. The minimum atomic E-state index is -3.68. The zero-order valence-corrected chi connectivity index (χ0v) is 13.2. The van der Waals surface area contributed by atoms with Gasteiger partial charge in [0.1, 0.15) is 0 Å². The maximum atomic E-state index is 12.6. The van der Waals surface area contributed by atoms with Crippen LogP contribution in [0.4, 0.5) is 0 Å². The standard InChI is InChI=1S/C15H20N2O3S/c1-11-6-7-13(12-5-4-9-16-14(11)12)21(19,20)17-15(2,3)8-10-18/h4-7,9,17-18H,8,10H2,1-3H3. The maximum absolute atomic E-state index is 12.6. The lowest BCUT2D eigenvalue weighted by atomic mass is 10.0. The summed E-state index contributed by atoms with van der Waals surface area (Å²) in [4.78, 5) is 4.47. The zero-order chi connectivity index (χ0) is 15.7. The van der Waals surface area contributed by atoms with Gasteiger partial charge in [-0.1, -0.05) is 6.07 Å². The van der Waals surface area contributed by atoms with Crippen molar-refractivity contribution in [3.8, 4) is 0 Å². The molecule has 0 atom stereocenters. The van der Waals surface area contributed by atoms with Gasteiger partial charge < -0.3 is 5.11 Å². The van der Waals surface area contributed by atoms with E-state index in [1.807, 2.05) is 6.92 Å². The molecule has 114 valence electrons. The van der Waals surface area contributed by atoms with Gasteiger partial charge in [0.05, 0.1) is 10.4 Å².